The lowest BCUT2D eigenvalue weighted by molar-refractivity contribution is -0.168. The highest BCUT2D eigenvalue weighted by molar-refractivity contribution is 5.87. The third-order valence-electron chi connectivity index (χ3n) is 3.71. The van der Waals surface area contributed by atoms with Crippen LogP contribution in [0.15, 0.2) is 24.3 Å². The maximum Gasteiger partial charge on any atom is 0.231 e. The van der Waals surface area contributed by atoms with Gasteiger partial charge in [-0.1, -0.05) is 12.1 Å². The summed E-state index contributed by atoms with van der Waals surface area (Å²) in [5.74, 6) is 0.487. The summed E-state index contributed by atoms with van der Waals surface area (Å²) in [7, 11) is 1.63. The first-order valence-electron chi connectivity index (χ1n) is 6.61. The van der Waals surface area contributed by atoms with Crippen molar-refractivity contribution in [1.82, 2.24) is 4.90 Å². The van der Waals surface area contributed by atoms with Crippen molar-refractivity contribution in [1.29, 1.82) is 0 Å². The second-order valence-electron chi connectivity index (χ2n) is 5.32. The minimum absolute atomic E-state index is 0.0332. The van der Waals surface area contributed by atoms with E-state index in [0.717, 1.165) is 11.3 Å². The Morgan fingerprint density at radius 3 is 2.21 bits per heavy atom. The maximum atomic E-state index is 12.1. The van der Waals surface area contributed by atoms with Crippen molar-refractivity contribution in [3.63, 3.8) is 0 Å². The lowest BCUT2D eigenvalue weighted by atomic mass is 9.78. The van der Waals surface area contributed by atoms with Crippen LogP contribution in [0.2, 0.25) is 0 Å². The van der Waals surface area contributed by atoms with Gasteiger partial charge in [0.05, 0.1) is 25.2 Å². The quantitative estimate of drug-likeness (QED) is 0.845. The molecule has 1 aliphatic rings. The van der Waals surface area contributed by atoms with Crippen LogP contribution in [0.4, 0.5) is 0 Å². The summed E-state index contributed by atoms with van der Waals surface area (Å²) in [6.07, 6.45) is -0.630. The van der Waals surface area contributed by atoms with Crippen LogP contribution < -0.4 is 4.74 Å². The summed E-state index contributed by atoms with van der Waals surface area (Å²) in [6, 6.07) is 7.78. The Labute approximate surface area is 114 Å². The van der Waals surface area contributed by atoms with Crippen molar-refractivity contribution < 1.29 is 14.6 Å². The van der Waals surface area contributed by atoms with Crippen LogP contribution in [0.1, 0.15) is 32.4 Å². The molecule has 0 unspecified atom stereocenters. The molecular formula is C15H21NO3. The lowest BCUT2D eigenvalue weighted by Gasteiger charge is -2.51. The van der Waals surface area contributed by atoms with Crippen molar-refractivity contribution in [2.75, 3.05) is 7.11 Å². The van der Waals surface area contributed by atoms with E-state index in [1.165, 1.54) is 0 Å². The topological polar surface area (TPSA) is 49.8 Å². The zero-order chi connectivity index (χ0) is 14.2. The Balaban J connectivity index is 2.29. The first kappa shape index (κ1) is 13.9. The van der Waals surface area contributed by atoms with Gasteiger partial charge in [0, 0.05) is 6.04 Å². The Morgan fingerprint density at radius 1 is 1.21 bits per heavy atom. The highest BCUT2D eigenvalue weighted by atomic mass is 16.5. The maximum absolute atomic E-state index is 12.1. The van der Waals surface area contributed by atoms with E-state index in [0.29, 0.717) is 0 Å². The second kappa shape index (κ2) is 5.21. The zero-order valence-electron chi connectivity index (χ0n) is 11.8. The fourth-order valence-corrected chi connectivity index (χ4v) is 2.75. The second-order valence-corrected chi connectivity index (χ2v) is 5.32. The molecule has 1 saturated heterocycles. The standard InChI is InChI=1S/C15H21NO3/c1-9(2)16-14(13(10(3)17)15(16)18)11-5-7-12(19-4)8-6-11/h5-10,13-14,17H,1-4H3/t10-,13+,14-/m0/s1. The van der Waals surface area contributed by atoms with Gasteiger partial charge in [-0.3, -0.25) is 4.79 Å². The highest BCUT2D eigenvalue weighted by Gasteiger charge is 2.51. The number of aliphatic hydroxyl groups excluding tert-OH is 1. The molecule has 1 N–H and O–H groups in total. The predicted molar refractivity (Wildman–Crippen MR) is 72.9 cm³/mol. The third-order valence-corrected chi connectivity index (χ3v) is 3.71. The number of hydrogen-bond acceptors (Lipinski definition) is 3. The van der Waals surface area contributed by atoms with Crippen LogP contribution in [0.3, 0.4) is 0 Å². The molecule has 4 nitrogen and oxygen atoms in total. The number of likely N-dealkylation sites (tertiary alicyclic amines) is 1. The summed E-state index contributed by atoms with van der Waals surface area (Å²) in [4.78, 5) is 13.9. The molecule has 19 heavy (non-hydrogen) atoms. The fraction of sp³-hybridized carbons (Fsp3) is 0.533. The van der Waals surface area contributed by atoms with Gasteiger partial charge >= 0.3 is 0 Å². The molecule has 1 fully saturated rings. The van der Waals surface area contributed by atoms with Crippen LogP contribution in [-0.4, -0.2) is 35.2 Å². The van der Waals surface area contributed by atoms with E-state index < -0.39 is 6.10 Å². The molecule has 2 rings (SSSR count). The third kappa shape index (κ3) is 2.32. The molecule has 1 amide bonds. The molecule has 0 aromatic heterocycles. The average Bonchev–Trinajstić information content (AvgIpc) is 2.35. The molecule has 1 aromatic rings. The van der Waals surface area contributed by atoms with Crippen LogP contribution in [0.5, 0.6) is 5.75 Å². The van der Waals surface area contributed by atoms with Gasteiger partial charge in [0.2, 0.25) is 5.91 Å². The molecule has 0 saturated carbocycles. The number of rotatable bonds is 4. The SMILES string of the molecule is COc1ccc([C@H]2[C@@H]([C@H](C)O)C(=O)N2C(C)C)cc1. The van der Waals surface area contributed by atoms with Gasteiger partial charge in [0.25, 0.3) is 0 Å². The van der Waals surface area contributed by atoms with Gasteiger partial charge in [0.1, 0.15) is 5.75 Å². The summed E-state index contributed by atoms with van der Waals surface area (Å²) in [5, 5.41) is 9.80. The number of carbonyl (C=O) groups excluding carboxylic acids is 1. The van der Waals surface area contributed by atoms with Gasteiger partial charge in [-0.2, -0.15) is 0 Å². The van der Waals surface area contributed by atoms with Crippen molar-refractivity contribution in [2.24, 2.45) is 5.92 Å². The Morgan fingerprint density at radius 2 is 1.79 bits per heavy atom. The molecule has 1 heterocycles. The van der Waals surface area contributed by atoms with E-state index in [1.54, 1.807) is 14.0 Å². The lowest BCUT2D eigenvalue weighted by Crippen LogP contribution is -2.60. The summed E-state index contributed by atoms with van der Waals surface area (Å²) < 4.78 is 5.14. The molecule has 4 heteroatoms. The molecule has 0 spiro atoms. The number of hydrogen-bond donors (Lipinski definition) is 1. The Hall–Kier alpha value is -1.55. The van der Waals surface area contributed by atoms with E-state index in [9.17, 15) is 9.90 Å². The van der Waals surface area contributed by atoms with Crippen molar-refractivity contribution in [3.8, 4) is 5.75 Å². The molecule has 0 aliphatic carbocycles. The monoisotopic (exact) mass is 263 g/mol. The number of β-lactam (4-membered cyclic amide) rings is 1. The molecule has 0 radical (unpaired) electrons. The first-order valence-corrected chi connectivity index (χ1v) is 6.61. The predicted octanol–water partition coefficient (Wildman–Crippen LogP) is 1.98. The van der Waals surface area contributed by atoms with Crippen molar-refractivity contribution in [3.05, 3.63) is 29.8 Å². The van der Waals surface area contributed by atoms with Gasteiger partial charge in [-0.25, -0.2) is 0 Å². The Bertz CT molecular complexity index is 435. The van der Waals surface area contributed by atoms with Gasteiger partial charge < -0.3 is 14.7 Å². The van der Waals surface area contributed by atoms with Crippen molar-refractivity contribution in [2.45, 2.75) is 39.0 Å². The smallest absolute Gasteiger partial charge is 0.231 e. The number of nitrogens with zero attached hydrogens (tertiary/aromatic N) is 1. The summed E-state index contributed by atoms with van der Waals surface area (Å²) >= 11 is 0. The van der Waals surface area contributed by atoms with Crippen molar-refractivity contribution >= 4 is 5.91 Å². The van der Waals surface area contributed by atoms with Gasteiger partial charge in [-0.05, 0) is 38.5 Å². The highest BCUT2D eigenvalue weighted by Crippen LogP contribution is 2.43. The molecular weight excluding hydrogens is 242 g/mol. The van der Waals surface area contributed by atoms with E-state index in [4.69, 9.17) is 4.74 Å². The van der Waals surface area contributed by atoms with Crippen LogP contribution in [0, 0.1) is 5.92 Å². The molecule has 104 valence electrons. The number of ether oxygens (including phenoxy) is 1. The van der Waals surface area contributed by atoms with Gasteiger partial charge in [0.15, 0.2) is 0 Å². The molecule has 1 aromatic carbocycles. The van der Waals surface area contributed by atoms with E-state index in [2.05, 4.69) is 0 Å². The fourth-order valence-electron chi connectivity index (χ4n) is 2.75. The van der Waals surface area contributed by atoms with Crippen LogP contribution >= 0.6 is 0 Å². The Kier molecular flexibility index (Phi) is 3.80. The van der Waals surface area contributed by atoms with Crippen LogP contribution in [-0.2, 0) is 4.79 Å². The number of amides is 1. The minimum Gasteiger partial charge on any atom is -0.497 e. The summed E-state index contributed by atoms with van der Waals surface area (Å²) in [6.45, 7) is 5.66. The first-order chi connectivity index (χ1) is 8.97. The number of methoxy groups -OCH3 is 1. The largest absolute Gasteiger partial charge is 0.497 e. The average molecular weight is 263 g/mol. The summed E-state index contributed by atoms with van der Waals surface area (Å²) in [5.41, 5.74) is 1.04. The molecule has 3 atom stereocenters. The van der Waals surface area contributed by atoms with E-state index in [1.807, 2.05) is 43.0 Å². The molecule has 0 bridgehead atoms. The minimum atomic E-state index is -0.630. The van der Waals surface area contributed by atoms with Crippen LogP contribution in [0.25, 0.3) is 0 Å². The number of carbonyl (C=O) groups is 1. The van der Waals surface area contributed by atoms with Gasteiger partial charge in [-0.15, -0.1) is 0 Å². The number of aliphatic hydroxyl groups is 1. The normalized spacial score (nSPS) is 24.3. The van der Waals surface area contributed by atoms with E-state index >= 15 is 0 Å². The molecule has 1 aliphatic heterocycles. The zero-order valence-corrected chi connectivity index (χ0v) is 11.8. The number of benzene rings is 1. The van der Waals surface area contributed by atoms with E-state index in [-0.39, 0.29) is 23.9 Å².